The van der Waals surface area contributed by atoms with Crippen LogP contribution < -0.4 is 10.6 Å². The second kappa shape index (κ2) is 8.37. The summed E-state index contributed by atoms with van der Waals surface area (Å²) < 4.78 is 5.29. The van der Waals surface area contributed by atoms with Gasteiger partial charge in [-0.1, -0.05) is 13.8 Å². The Balaban J connectivity index is 0.00000264. The van der Waals surface area contributed by atoms with Crippen molar-refractivity contribution in [2.75, 3.05) is 13.6 Å². The summed E-state index contributed by atoms with van der Waals surface area (Å²) in [4.78, 5) is 4.26. The quantitative estimate of drug-likeness (QED) is 0.386. The zero-order chi connectivity index (χ0) is 16.2. The fourth-order valence-corrected chi connectivity index (χ4v) is 2.86. The number of nitrogens with one attached hydrogen (secondary N) is 2. The fraction of sp³-hybridized carbons (Fsp3) is 0.706. The van der Waals surface area contributed by atoms with Crippen LogP contribution in [0.25, 0.3) is 0 Å². The van der Waals surface area contributed by atoms with Crippen LogP contribution in [0.5, 0.6) is 0 Å². The van der Waals surface area contributed by atoms with Gasteiger partial charge in [0.1, 0.15) is 11.4 Å². The summed E-state index contributed by atoms with van der Waals surface area (Å²) in [7, 11) is 1.75. The van der Waals surface area contributed by atoms with E-state index in [-0.39, 0.29) is 24.0 Å². The lowest BCUT2D eigenvalue weighted by Crippen LogP contribution is -2.49. The molecule has 0 radical (unpaired) electrons. The standard InChI is InChI=1S/C17H29N3O2.HI/c1-16(2)9-7-13(8-10-16)20-15(18-4)19-12-17(3,21)14-6-5-11-22-14;/h5-6,11,13,21H,7-10,12H2,1-4H3,(H2,18,19,20);1H. The van der Waals surface area contributed by atoms with Crippen molar-refractivity contribution in [2.24, 2.45) is 10.4 Å². The normalized spacial score (nSPS) is 21.2. The summed E-state index contributed by atoms with van der Waals surface area (Å²) in [5, 5.41) is 17.1. The first kappa shape index (κ1) is 20.3. The molecule has 1 fully saturated rings. The molecular formula is C17H30IN3O2. The van der Waals surface area contributed by atoms with Crippen molar-refractivity contribution in [3.05, 3.63) is 24.2 Å². The van der Waals surface area contributed by atoms with E-state index in [4.69, 9.17) is 4.42 Å². The molecule has 2 rings (SSSR count). The predicted molar refractivity (Wildman–Crippen MR) is 104 cm³/mol. The molecule has 0 amide bonds. The minimum atomic E-state index is -1.06. The van der Waals surface area contributed by atoms with Gasteiger partial charge in [0.25, 0.3) is 0 Å². The highest BCUT2D eigenvalue weighted by molar-refractivity contribution is 14.0. The van der Waals surface area contributed by atoms with Gasteiger partial charge >= 0.3 is 0 Å². The first-order chi connectivity index (χ1) is 10.3. The van der Waals surface area contributed by atoms with Gasteiger partial charge in [-0.3, -0.25) is 4.99 Å². The molecule has 0 aromatic carbocycles. The molecule has 1 saturated carbocycles. The summed E-state index contributed by atoms with van der Waals surface area (Å²) in [6, 6.07) is 4.01. The Hall–Kier alpha value is -0.760. The second-order valence-electron chi connectivity index (χ2n) is 7.26. The van der Waals surface area contributed by atoms with Gasteiger partial charge in [-0.15, -0.1) is 24.0 Å². The maximum absolute atomic E-state index is 10.5. The Labute approximate surface area is 156 Å². The molecule has 23 heavy (non-hydrogen) atoms. The highest BCUT2D eigenvalue weighted by Gasteiger charge is 2.29. The molecule has 0 bridgehead atoms. The molecule has 3 N–H and O–H groups in total. The highest BCUT2D eigenvalue weighted by Crippen LogP contribution is 2.34. The third kappa shape index (κ3) is 5.99. The van der Waals surface area contributed by atoms with Gasteiger partial charge in [-0.25, -0.2) is 0 Å². The van der Waals surface area contributed by atoms with Crippen molar-refractivity contribution in [1.82, 2.24) is 10.6 Å². The van der Waals surface area contributed by atoms with E-state index in [0.717, 1.165) is 18.8 Å². The van der Waals surface area contributed by atoms with Crippen LogP contribution in [0.15, 0.2) is 27.8 Å². The highest BCUT2D eigenvalue weighted by atomic mass is 127. The topological polar surface area (TPSA) is 69.8 Å². The summed E-state index contributed by atoms with van der Waals surface area (Å²) in [6.07, 6.45) is 6.34. The maximum Gasteiger partial charge on any atom is 0.191 e. The van der Waals surface area contributed by atoms with E-state index in [1.807, 2.05) is 0 Å². The fourth-order valence-electron chi connectivity index (χ4n) is 2.86. The number of rotatable bonds is 4. The monoisotopic (exact) mass is 435 g/mol. The summed E-state index contributed by atoms with van der Waals surface area (Å²) in [5.74, 6) is 1.28. The average Bonchev–Trinajstić information content (AvgIpc) is 3.00. The number of aliphatic imine (C=N–C) groups is 1. The first-order valence-corrected chi connectivity index (χ1v) is 8.06. The van der Waals surface area contributed by atoms with E-state index in [9.17, 15) is 5.11 Å². The maximum atomic E-state index is 10.5. The average molecular weight is 435 g/mol. The minimum Gasteiger partial charge on any atom is -0.466 e. The van der Waals surface area contributed by atoms with Crippen molar-refractivity contribution in [3.8, 4) is 0 Å². The predicted octanol–water partition coefficient (Wildman–Crippen LogP) is 3.24. The van der Waals surface area contributed by atoms with Crippen LogP contribution in [0, 0.1) is 5.41 Å². The van der Waals surface area contributed by atoms with Crippen molar-refractivity contribution in [2.45, 2.75) is 58.1 Å². The lowest BCUT2D eigenvalue weighted by atomic mass is 9.75. The third-order valence-electron chi connectivity index (χ3n) is 4.56. The van der Waals surface area contributed by atoms with Crippen LogP contribution in [0.3, 0.4) is 0 Å². The van der Waals surface area contributed by atoms with E-state index < -0.39 is 5.60 Å². The van der Waals surface area contributed by atoms with Crippen molar-refractivity contribution >= 4 is 29.9 Å². The smallest absolute Gasteiger partial charge is 0.191 e. The second-order valence-corrected chi connectivity index (χ2v) is 7.26. The van der Waals surface area contributed by atoms with Gasteiger partial charge in [0.2, 0.25) is 0 Å². The Bertz CT molecular complexity index is 488. The SMILES string of the molecule is CN=C(NCC(C)(O)c1ccco1)NC1CCC(C)(C)CC1.I. The molecule has 1 unspecified atom stereocenters. The number of hydrogen-bond donors (Lipinski definition) is 3. The molecule has 0 aliphatic heterocycles. The van der Waals surface area contributed by atoms with Crippen LogP contribution in [-0.4, -0.2) is 30.7 Å². The number of furan rings is 1. The summed E-state index contributed by atoms with van der Waals surface area (Å²) in [6.45, 7) is 6.74. The van der Waals surface area contributed by atoms with Crippen molar-refractivity contribution < 1.29 is 9.52 Å². The molecule has 6 heteroatoms. The van der Waals surface area contributed by atoms with Crippen LogP contribution in [0.1, 0.15) is 52.2 Å². The summed E-state index contributed by atoms with van der Waals surface area (Å²) >= 11 is 0. The molecule has 1 aliphatic rings. The number of hydrogen-bond acceptors (Lipinski definition) is 3. The number of halogens is 1. The van der Waals surface area contributed by atoms with Gasteiger partial charge in [-0.2, -0.15) is 0 Å². The van der Waals surface area contributed by atoms with E-state index >= 15 is 0 Å². The molecule has 132 valence electrons. The van der Waals surface area contributed by atoms with Gasteiger partial charge in [0, 0.05) is 13.1 Å². The molecule has 5 nitrogen and oxygen atoms in total. The van der Waals surface area contributed by atoms with Crippen LogP contribution >= 0.6 is 24.0 Å². The number of guanidine groups is 1. The van der Waals surface area contributed by atoms with Crippen LogP contribution in [-0.2, 0) is 5.60 Å². The van der Waals surface area contributed by atoms with E-state index in [0.29, 0.717) is 23.8 Å². The Morgan fingerprint density at radius 2 is 2.09 bits per heavy atom. The largest absolute Gasteiger partial charge is 0.466 e. The number of aliphatic hydroxyl groups is 1. The van der Waals surface area contributed by atoms with Gasteiger partial charge in [0.15, 0.2) is 5.96 Å². The van der Waals surface area contributed by atoms with E-state index in [2.05, 4.69) is 29.5 Å². The molecule has 1 aromatic rings. The van der Waals surface area contributed by atoms with Crippen molar-refractivity contribution in [1.29, 1.82) is 0 Å². The molecular weight excluding hydrogens is 405 g/mol. The van der Waals surface area contributed by atoms with Crippen molar-refractivity contribution in [3.63, 3.8) is 0 Å². The van der Waals surface area contributed by atoms with Gasteiger partial charge in [0.05, 0.1) is 12.8 Å². The minimum absolute atomic E-state index is 0. The molecule has 0 spiro atoms. The molecule has 1 aliphatic carbocycles. The van der Waals surface area contributed by atoms with E-state index in [1.165, 1.54) is 12.8 Å². The zero-order valence-electron chi connectivity index (χ0n) is 14.6. The number of nitrogens with zero attached hydrogens (tertiary/aromatic N) is 1. The lowest BCUT2D eigenvalue weighted by molar-refractivity contribution is 0.0385. The Morgan fingerprint density at radius 3 is 2.61 bits per heavy atom. The first-order valence-electron chi connectivity index (χ1n) is 8.06. The van der Waals surface area contributed by atoms with E-state index in [1.54, 1.807) is 32.4 Å². The molecule has 1 atom stereocenters. The molecule has 0 saturated heterocycles. The Morgan fingerprint density at radius 1 is 1.43 bits per heavy atom. The lowest BCUT2D eigenvalue weighted by Gasteiger charge is -2.35. The zero-order valence-corrected chi connectivity index (χ0v) is 16.9. The summed E-state index contributed by atoms with van der Waals surface area (Å²) in [5.41, 5.74) is -0.603. The van der Waals surface area contributed by atoms with Crippen LogP contribution in [0.4, 0.5) is 0 Å². The van der Waals surface area contributed by atoms with Gasteiger partial charge < -0.3 is 20.2 Å². The molecule has 1 heterocycles. The van der Waals surface area contributed by atoms with Crippen LogP contribution in [0.2, 0.25) is 0 Å². The van der Waals surface area contributed by atoms with Gasteiger partial charge in [-0.05, 0) is 50.2 Å². The molecule has 1 aromatic heterocycles. The Kier molecular flexibility index (Phi) is 7.38. The third-order valence-corrected chi connectivity index (χ3v) is 4.56.